The van der Waals surface area contributed by atoms with Crippen LogP contribution in [0.4, 0.5) is 0 Å². The number of ether oxygens (including phenoxy) is 2. The molecule has 41 heavy (non-hydrogen) atoms. The van der Waals surface area contributed by atoms with E-state index in [1.165, 1.54) is 31.9 Å². The molecule has 0 radical (unpaired) electrons. The molecule has 0 aliphatic carbocycles. The summed E-state index contributed by atoms with van der Waals surface area (Å²) < 4.78 is 42.8. The van der Waals surface area contributed by atoms with Gasteiger partial charge in [0, 0.05) is 64.0 Å². The first kappa shape index (κ1) is 35.8. The van der Waals surface area contributed by atoms with Crippen molar-refractivity contribution < 1.29 is 52.7 Å². The number of carbonyl (C=O) groups is 3. The Kier molecular flexibility index (Phi) is 13.4. The number of amides is 2. The summed E-state index contributed by atoms with van der Waals surface area (Å²) >= 11 is 0.946. The average Bonchev–Trinajstić information content (AvgIpc) is 2.84. The molecule has 0 aromatic heterocycles. The molecule has 18 heteroatoms. The first-order chi connectivity index (χ1) is 18.9. The summed E-state index contributed by atoms with van der Waals surface area (Å²) in [7, 11) is -5.09. The van der Waals surface area contributed by atoms with Crippen molar-refractivity contribution in [2.24, 2.45) is 8.73 Å². The van der Waals surface area contributed by atoms with Gasteiger partial charge in [0.15, 0.2) is 0 Å². The minimum absolute atomic E-state index is 0.0390. The van der Waals surface area contributed by atoms with Crippen LogP contribution in [0.3, 0.4) is 0 Å². The van der Waals surface area contributed by atoms with Gasteiger partial charge in [0.2, 0.25) is 11.8 Å². The van der Waals surface area contributed by atoms with Gasteiger partial charge in [0.1, 0.15) is 54.5 Å². The van der Waals surface area contributed by atoms with E-state index in [4.69, 9.17) is 9.47 Å². The Bertz CT molecular complexity index is 1170. The number of hydrogen-bond acceptors (Lipinski definition) is 14. The van der Waals surface area contributed by atoms with Gasteiger partial charge in [-0.2, -0.15) is 0 Å². The van der Waals surface area contributed by atoms with Crippen LogP contribution in [0.1, 0.15) is 13.3 Å². The number of nitrogens with zero attached hydrogens (tertiary/aromatic N) is 2. The van der Waals surface area contributed by atoms with Crippen LogP contribution in [0.15, 0.2) is 8.73 Å². The van der Waals surface area contributed by atoms with Crippen LogP contribution in [0.2, 0.25) is 0 Å². The second-order valence-electron chi connectivity index (χ2n) is 10.7. The molecule has 238 valence electrons. The van der Waals surface area contributed by atoms with E-state index in [1.54, 1.807) is 0 Å². The third-order valence-electron chi connectivity index (χ3n) is 6.12. The van der Waals surface area contributed by atoms with Gasteiger partial charge in [-0.25, -0.2) is 8.73 Å². The van der Waals surface area contributed by atoms with Crippen molar-refractivity contribution in [3.8, 4) is 0 Å². The SMILES string of the molecule is CC(=O)CSC(CC(=O)NCC1OC[C@H](N=S(C)(C)=O)[C@@H](O)[C@H]1O)C(=O)NCC1OC[C@H](N=S(C)(C)=O)[C@@H](O)[C@H]1O. The standard InChI is InChI=1S/C23H42N4O11S3/c1-12(28)11-39-17(23(34)25-8-16-22(33)20(31)14(10-38-16)27-41(4,5)36)6-18(29)24-7-15-21(32)19(30)13(9-37-15)26-40(2,3)35/h13-17,19-22,30-33H,6-11H2,1-5H3,(H,24,29)(H,25,34)/t13-,14-,15?,16?,17?,19+,20+,21-,22-/m0/s1. The number of rotatable bonds is 12. The monoisotopic (exact) mass is 646 g/mol. The lowest BCUT2D eigenvalue weighted by atomic mass is 9.98. The summed E-state index contributed by atoms with van der Waals surface area (Å²) in [5.41, 5.74) is 0. The number of carbonyl (C=O) groups excluding carboxylic acids is 3. The fourth-order valence-electron chi connectivity index (χ4n) is 4.15. The topological polar surface area (TPSA) is 234 Å². The third-order valence-corrected chi connectivity index (χ3v) is 9.03. The summed E-state index contributed by atoms with van der Waals surface area (Å²) in [5.74, 6) is -1.44. The molecule has 2 aliphatic rings. The molecular formula is C23H42N4O11S3. The molecule has 2 fully saturated rings. The maximum Gasteiger partial charge on any atom is 0.233 e. The van der Waals surface area contributed by atoms with Gasteiger partial charge in [-0.1, -0.05) is 0 Å². The van der Waals surface area contributed by atoms with Crippen molar-refractivity contribution in [3.05, 3.63) is 0 Å². The van der Waals surface area contributed by atoms with E-state index in [9.17, 15) is 43.2 Å². The highest BCUT2D eigenvalue weighted by Gasteiger charge is 2.40. The van der Waals surface area contributed by atoms with Crippen LogP contribution in [-0.2, 0) is 43.3 Å². The number of thioether (sulfide) groups is 1. The highest BCUT2D eigenvalue weighted by molar-refractivity contribution is 8.01. The zero-order valence-corrected chi connectivity index (χ0v) is 26.2. The minimum Gasteiger partial charge on any atom is -0.388 e. The van der Waals surface area contributed by atoms with Crippen LogP contribution >= 0.6 is 11.8 Å². The number of nitrogens with one attached hydrogen (secondary N) is 2. The van der Waals surface area contributed by atoms with Gasteiger partial charge >= 0.3 is 0 Å². The number of aliphatic hydroxyl groups excluding tert-OH is 4. The number of ketones is 1. The van der Waals surface area contributed by atoms with Crippen LogP contribution in [-0.4, -0.2) is 157 Å². The normalized spacial score (nSPS) is 31.5. The fourth-order valence-corrected chi connectivity index (χ4v) is 6.76. The van der Waals surface area contributed by atoms with Gasteiger partial charge in [-0.05, 0) is 6.92 Å². The number of aliphatic hydroxyl groups is 4. The molecule has 15 nitrogen and oxygen atoms in total. The van der Waals surface area contributed by atoms with Crippen molar-refractivity contribution in [2.75, 3.05) is 57.1 Å². The van der Waals surface area contributed by atoms with Crippen molar-refractivity contribution in [3.63, 3.8) is 0 Å². The quantitative estimate of drug-likeness (QED) is 0.123. The highest BCUT2D eigenvalue weighted by Crippen LogP contribution is 2.21. The van der Waals surface area contributed by atoms with Crippen LogP contribution in [0.5, 0.6) is 0 Å². The van der Waals surface area contributed by atoms with Gasteiger partial charge in [-0.15, -0.1) is 11.8 Å². The molecule has 2 saturated heterocycles. The van der Waals surface area contributed by atoms with Crippen molar-refractivity contribution >= 4 is 48.8 Å². The van der Waals surface area contributed by atoms with Crippen LogP contribution < -0.4 is 10.6 Å². The Hall–Kier alpha value is -1.38. The molecule has 0 bridgehead atoms. The maximum absolute atomic E-state index is 12.9. The lowest BCUT2D eigenvalue weighted by Crippen LogP contribution is -2.56. The van der Waals surface area contributed by atoms with Crippen molar-refractivity contribution in [2.45, 2.75) is 67.3 Å². The molecule has 0 spiro atoms. The van der Waals surface area contributed by atoms with Crippen molar-refractivity contribution in [1.82, 2.24) is 10.6 Å². The molecule has 3 unspecified atom stereocenters. The van der Waals surface area contributed by atoms with Gasteiger partial charge in [-0.3, -0.25) is 22.8 Å². The molecule has 0 saturated carbocycles. The Morgan fingerprint density at radius 2 is 1.27 bits per heavy atom. The zero-order chi connectivity index (χ0) is 31.1. The van der Waals surface area contributed by atoms with Crippen LogP contribution in [0, 0.1) is 0 Å². The average molecular weight is 647 g/mol. The van der Waals surface area contributed by atoms with Crippen molar-refractivity contribution in [1.29, 1.82) is 0 Å². The lowest BCUT2D eigenvalue weighted by Gasteiger charge is -2.36. The van der Waals surface area contributed by atoms with Gasteiger partial charge < -0.3 is 40.5 Å². The van der Waals surface area contributed by atoms with Gasteiger partial charge in [0.05, 0.1) is 24.2 Å². The van der Waals surface area contributed by atoms with Gasteiger partial charge in [0.25, 0.3) is 0 Å². The van der Waals surface area contributed by atoms with E-state index in [1.807, 2.05) is 0 Å². The second kappa shape index (κ2) is 15.4. The summed E-state index contributed by atoms with van der Waals surface area (Å²) in [4.78, 5) is 37.1. The predicted octanol–water partition coefficient (Wildman–Crippen LogP) is -3.27. The maximum atomic E-state index is 12.9. The minimum atomic E-state index is -2.55. The molecule has 9 atom stereocenters. The van der Waals surface area contributed by atoms with E-state index < -0.39 is 85.2 Å². The molecular weight excluding hydrogens is 604 g/mol. The Morgan fingerprint density at radius 1 is 0.829 bits per heavy atom. The zero-order valence-electron chi connectivity index (χ0n) is 23.7. The third kappa shape index (κ3) is 12.0. The molecule has 2 aliphatic heterocycles. The summed E-state index contributed by atoms with van der Waals surface area (Å²) in [5, 5.41) is 45.6. The van der Waals surface area contributed by atoms with E-state index in [-0.39, 0.29) is 44.3 Å². The Balaban J connectivity index is 1.93. The predicted molar refractivity (Wildman–Crippen MR) is 153 cm³/mol. The number of hydrogen-bond donors (Lipinski definition) is 6. The first-order valence-corrected chi connectivity index (χ1v) is 18.5. The van der Waals surface area contributed by atoms with E-state index >= 15 is 0 Å². The molecule has 6 N–H and O–H groups in total. The summed E-state index contributed by atoms with van der Waals surface area (Å²) in [6, 6.07) is -1.78. The first-order valence-electron chi connectivity index (χ1n) is 12.8. The number of Topliss-reactive ketones (excluding diaryl/α,β-unsaturated/α-hetero) is 1. The molecule has 2 heterocycles. The summed E-state index contributed by atoms with van der Waals surface area (Å²) in [6.07, 6.45) is -2.23. The Morgan fingerprint density at radius 3 is 1.68 bits per heavy atom. The second-order valence-corrected chi connectivity index (χ2v) is 17.0. The molecule has 2 amide bonds. The molecule has 2 rings (SSSR count). The van der Waals surface area contributed by atoms with E-state index in [0.717, 1.165) is 11.8 Å². The smallest absolute Gasteiger partial charge is 0.233 e. The molecule has 0 aromatic rings. The van der Waals surface area contributed by atoms with Crippen LogP contribution in [0.25, 0.3) is 0 Å². The highest BCUT2D eigenvalue weighted by atomic mass is 32.2. The van der Waals surface area contributed by atoms with E-state index in [0.29, 0.717) is 0 Å². The van der Waals surface area contributed by atoms with E-state index in [2.05, 4.69) is 19.4 Å². The summed E-state index contributed by atoms with van der Waals surface area (Å²) in [6.45, 7) is 0.730. The largest absolute Gasteiger partial charge is 0.388 e. The Labute approximate surface area is 244 Å². The fraction of sp³-hybridized carbons (Fsp3) is 0.870. The lowest BCUT2D eigenvalue weighted by molar-refractivity contribution is -0.145. The molecule has 0 aromatic carbocycles.